The van der Waals surface area contributed by atoms with Gasteiger partial charge in [-0.1, -0.05) is 13.8 Å². The molecule has 0 saturated carbocycles. The number of rotatable bonds is 2. The zero-order valence-electron chi connectivity index (χ0n) is 9.18. The van der Waals surface area contributed by atoms with E-state index in [1.165, 1.54) is 4.90 Å². The topological polar surface area (TPSA) is 37.4 Å². The molecule has 0 unspecified atom stereocenters. The van der Waals surface area contributed by atoms with Crippen LogP contribution in [-0.4, -0.2) is 22.3 Å². The maximum atomic E-state index is 11.5. The van der Waals surface area contributed by atoms with E-state index in [1.807, 2.05) is 20.8 Å². The van der Waals surface area contributed by atoms with Crippen LogP contribution in [0.15, 0.2) is 0 Å². The fraction of sp³-hybridized carbons (Fsp3) is 0.800. The van der Waals surface area contributed by atoms with E-state index in [9.17, 15) is 9.59 Å². The van der Waals surface area contributed by atoms with Crippen LogP contribution in [0.4, 0.5) is 0 Å². The summed E-state index contributed by atoms with van der Waals surface area (Å²) in [6.45, 7) is 9.14. The molecule has 0 radical (unpaired) electrons. The first-order chi connectivity index (χ1) is 5.84. The second-order valence-electron chi connectivity index (χ2n) is 4.00. The lowest BCUT2D eigenvalue weighted by Crippen LogP contribution is -2.48. The average molecular weight is 185 g/mol. The number of hydrogen-bond acceptors (Lipinski definition) is 2. The Morgan fingerprint density at radius 2 is 1.31 bits per heavy atom. The van der Waals surface area contributed by atoms with E-state index in [-0.39, 0.29) is 11.8 Å². The van der Waals surface area contributed by atoms with Gasteiger partial charge in [-0.15, -0.1) is 0 Å². The van der Waals surface area contributed by atoms with Crippen molar-refractivity contribution in [3.8, 4) is 0 Å². The highest BCUT2D eigenvalue weighted by molar-refractivity contribution is 5.95. The lowest BCUT2D eigenvalue weighted by Gasteiger charge is -2.33. The largest absolute Gasteiger partial charge is 0.277 e. The molecule has 0 heterocycles. The highest BCUT2D eigenvalue weighted by atomic mass is 16.2. The van der Waals surface area contributed by atoms with Crippen molar-refractivity contribution in [3.05, 3.63) is 0 Å². The van der Waals surface area contributed by atoms with Gasteiger partial charge in [-0.25, -0.2) is 0 Å². The van der Waals surface area contributed by atoms with Gasteiger partial charge in [-0.3, -0.25) is 14.5 Å². The third-order valence-electron chi connectivity index (χ3n) is 1.77. The molecule has 0 saturated heterocycles. The van der Waals surface area contributed by atoms with Gasteiger partial charge in [0.25, 0.3) is 0 Å². The zero-order valence-corrected chi connectivity index (χ0v) is 9.18. The molecule has 0 N–H and O–H groups in total. The number of hydrogen-bond donors (Lipinski definition) is 0. The van der Waals surface area contributed by atoms with Crippen LogP contribution in [0, 0.1) is 0 Å². The van der Waals surface area contributed by atoms with E-state index in [0.29, 0.717) is 12.8 Å². The number of carbonyl (C=O) groups is 2. The monoisotopic (exact) mass is 185 g/mol. The third kappa shape index (κ3) is 3.17. The molecule has 0 aliphatic carbocycles. The summed E-state index contributed by atoms with van der Waals surface area (Å²) in [4.78, 5) is 24.3. The molecular formula is C10H19NO2. The summed E-state index contributed by atoms with van der Waals surface area (Å²) in [6, 6.07) is 0. The van der Waals surface area contributed by atoms with Crippen molar-refractivity contribution in [1.29, 1.82) is 0 Å². The molecule has 0 aromatic heterocycles. The first-order valence-corrected chi connectivity index (χ1v) is 4.70. The normalized spacial score (nSPS) is 11.2. The second kappa shape index (κ2) is 4.40. The van der Waals surface area contributed by atoms with Crippen LogP contribution in [0.5, 0.6) is 0 Å². The molecule has 0 bridgehead atoms. The summed E-state index contributed by atoms with van der Waals surface area (Å²) in [6.07, 6.45) is 0.756. The Bertz CT molecular complexity index is 187. The van der Waals surface area contributed by atoms with E-state index < -0.39 is 5.54 Å². The van der Waals surface area contributed by atoms with Crippen molar-refractivity contribution in [2.24, 2.45) is 0 Å². The fourth-order valence-electron chi connectivity index (χ4n) is 1.20. The summed E-state index contributed by atoms with van der Waals surface area (Å²) in [5.74, 6) is -0.196. The Morgan fingerprint density at radius 1 is 1.00 bits per heavy atom. The van der Waals surface area contributed by atoms with Crippen LogP contribution in [0.1, 0.15) is 47.5 Å². The number of nitrogens with zero attached hydrogens (tertiary/aromatic N) is 1. The number of carbonyl (C=O) groups excluding carboxylic acids is 2. The van der Waals surface area contributed by atoms with Gasteiger partial charge in [0.1, 0.15) is 0 Å². The van der Waals surface area contributed by atoms with E-state index >= 15 is 0 Å². The molecule has 3 nitrogen and oxygen atoms in total. The molecule has 0 rings (SSSR count). The van der Waals surface area contributed by atoms with Crippen molar-refractivity contribution in [2.75, 3.05) is 0 Å². The minimum atomic E-state index is -0.403. The van der Waals surface area contributed by atoms with E-state index in [0.717, 1.165) is 0 Å². The van der Waals surface area contributed by atoms with Crippen LogP contribution in [-0.2, 0) is 9.59 Å². The minimum Gasteiger partial charge on any atom is -0.277 e. The van der Waals surface area contributed by atoms with Gasteiger partial charge in [-0.2, -0.15) is 0 Å². The molecule has 2 amide bonds. The molecule has 3 heteroatoms. The van der Waals surface area contributed by atoms with Crippen molar-refractivity contribution < 1.29 is 9.59 Å². The standard InChI is InChI=1S/C10H19NO2/c1-6-8(12)11(9(13)7-2)10(3,4)5/h6-7H2,1-5H3. The summed E-state index contributed by atoms with van der Waals surface area (Å²) in [5.41, 5.74) is -0.403. The van der Waals surface area contributed by atoms with E-state index in [4.69, 9.17) is 0 Å². The first-order valence-electron chi connectivity index (χ1n) is 4.70. The zero-order chi connectivity index (χ0) is 10.6. The molecule has 0 aliphatic rings. The maximum Gasteiger partial charge on any atom is 0.229 e. The van der Waals surface area contributed by atoms with Crippen LogP contribution in [0.2, 0.25) is 0 Å². The predicted molar refractivity (Wildman–Crippen MR) is 52.2 cm³/mol. The molecule has 0 atom stereocenters. The third-order valence-corrected chi connectivity index (χ3v) is 1.77. The van der Waals surface area contributed by atoms with Gasteiger partial charge in [-0.05, 0) is 20.8 Å². The van der Waals surface area contributed by atoms with Gasteiger partial charge in [0.2, 0.25) is 11.8 Å². The van der Waals surface area contributed by atoms with E-state index in [1.54, 1.807) is 13.8 Å². The van der Waals surface area contributed by atoms with Gasteiger partial charge in [0, 0.05) is 18.4 Å². The fourth-order valence-corrected chi connectivity index (χ4v) is 1.20. The molecule has 0 spiro atoms. The van der Waals surface area contributed by atoms with Gasteiger partial charge >= 0.3 is 0 Å². The lowest BCUT2D eigenvalue weighted by molar-refractivity contribution is -0.150. The lowest BCUT2D eigenvalue weighted by atomic mass is 10.0. The molecular weight excluding hydrogens is 166 g/mol. The molecule has 0 aromatic carbocycles. The van der Waals surface area contributed by atoms with E-state index in [2.05, 4.69) is 0 Å². The summed E-state index contributed by atoms with van der Waals surface area (Å²) in [5, 5.41) is 0. The van der Waals surface area contributed by atoms with Gasteiger partial charge in [0.15, 0.2) is 0 Å². The molecule has 0 aliphatic heterocycles. The average Bonchev–Trinajstić information content (AvgIpc) is 2.01. The molecule has 0 aromatic rings. The van der Waals surface area contributed by atoms with Crippen molar-refractivity contribution in [2.45, 2.75) is 53.0 Å². The van der Waals surface area contributed by atoms with Gasteiger partial charge in [0.05, 0.1) is 0 Å². The minimum absolute atomic E-state index is 0.0978. The Labute approximate surface area is 80.1 Å². The Balaban J connectivity index is 4.76. The summed E-state index contributed by atoms with van der Waals surface area (Å²) < 4.78 is 0. The highest BCUT2D eigenvalue weighted by Crippen LogP contribution is 2.15. The predicted octanol–water partition coefficient (Wildman–Crippen LogP) is 1.96. The summed E-state index contributed by atoms with van der Waals surface area (Å²) >= 11 is 0. The van der Waals surface area contributed by atoms with Gasteiger partial charge < -0.3 is 0 Å². The molecule has 0 fully saturated rings. The Morgan fingerprint density at radius 3 is 1.46 bits per heavy atom. The number of imide groups is 1. The smallest absolute Gasteiger partial charge is 0.229 e. The Hall–Kier alpha value is -0.860. The van der Waals surface area contributed by atoms with Crippen LogP contribution in [0.3, 0.4) is 0 Å². The molecule has 76 valence electrons. The quantitative estimate of drug-likeness (QED) is 0.659. The van der Waals surface area contributed by atoms with Crippen LogP contribution >= 0.6 is 0 Å². The van der Waals surface area contributed by atoms with Crippen molar-refractivity contribution in [1.82, 2.24) is 4.90 Å². The number of amides is 2. The second-order valence-corrected chi connectivity index (χ2v) is 4.00. The summed E-state index contributed by atoms with van der Waals surface area (Å²) in [7, 11) is 0. The van der Waals surface area contributed by atoms with Crippen LogP contribution < -0.4 is 0 Å². The van der Waals surface area contributed by atoms with Crippen molar-refractivity contribution in [3.63, 3.8) is 0 Å². The first kappa shape index (κ1) is 12.1. The van der Waals surface area contributed by atoms with Crippen molar-refractivity contribution >= 4 is 11.8 Å². The SMILES string of the molecule is CCC(=O)N(C(=O)CC)C(C)(C)C. The highest BCUT2D eigenvalue weighted by Gasteiger charge is 2.29. The molecule has 13 heavy (non-hydrogen) atoms. The Kier molecular flexibility index (Phi) is 4.11. The van der Waals surface area contributed by atoms with Crippen LogP contribution in [0.25, 0.3) is 0 Å². The maximum absolute atomic E-state index is 11.5.